The van der Waals surface area contributed by atoms with Crippen LogP contribution in [0.15, 0.2) is 65.6 Å². The van der Waals surface area contributed by atoms with Gasteiger partial charge in [0.1, 0.15) is 10.6 Å². The zero-order valence-corrected chi connectivity index (χ0v) is 18.8. The van der Waals surface area contributed by atoms with E-state index in [4.69, 9.17) is 27.4 Å². The van der Waals surface area contributed by atoms with Gasteiger partial charge in [-0.2, -0.15) is 8.42 Å². The fraction of sp³-hybridized carbons (Fsp3) is 0.0526. The van der Waals surface area contributed by atoms with Crippen LogP contribution in [0.5, 0.6) is 11.5 Å². The van der Waals surface area contributed by atoms with Crippen molar-refractivity contribution in [1.82, 2.24) is 0 Å². The van der Waals surface area contributed by atoms with E-state index in [0.717, 1.165) is 0 Å². The van der Waals surface area contributed by atoms with Crippen molar-refractivity contribution in [3.05, 3.63) is 87.4 Å². The minimum absolute atomic E-state index is 0. The zero-order valence-electron chi connectivity index (χ0n) is 14.5. The van der Waals surface area contributed by atoms with Gasteiger partial charge in [-0.15, -0.1) is 0 Å². The molecule has 1 aliphatic rings. The van der Waals surface area contributed by atoms with Crippen LogP contribution in [0.2, 0.25) is 10.0 Å². The van der Waals surface area contributed by atoms with Crippen LogP contribution >= 0.6 is 23.2 Å². The molecule has 0 radical (unpaired) electrons. The topological polar surface area (TPSA) is 86.7 Å². The molecule has 4 rings (SSSR count). The summed E-state index contributed by atoms with van der Waals surface area (Å²) in [6, 6.07) is 14.7. The molecule has 3 aromatic carbocycles. The van der Waals surface area contributed by atoms with Crippen molar-refractivity contribution >= 4 is 33.3 Å². The third kappa shape index (κ3) is 3.23. The van der Waals surface area contributed by atoms with Crippen molar-refractivity contribution in [3.8, 4) is 11.5 Å². The van der Waals surface area contributed by atoms with Gasteiger partial charge in [-0.1, -0.05) is 65.3 Å². The zero-order chi connectivity index (χ0) is 19.4. The van der Waals surface area contributed by atoms with Crippen molar-refractivity contribution in [2.75, 3.05) is 0 Å². The van der Waals surface area contributed by atoms with Gasteiger partial charge in [0, 0.05) is 10.6 Å². The first-order chi connectivity index (χ1) is 12.8. The van der Waals surface area contributed by atoms with Gasteiger partial charge < -0.3 is 10.2 Å². The molecule has 0 amide bonds. The molecule has 0 aliphatic carbocycles. The van der Waals surface area contributed by atoms with E-state index in [1.165, 1.54) is 42.5 Å². The van der Waals surface area contributed by atoms with Crippen molar-refractivity contribution in [2.45, 2.75) is 10.5 Å². The second-order valence-electron chi connectivity index (χ2n) is 6.03. The largest absolute Gasteiger partial charge is 1.00 e. The molecular weight excluding hydrogens is 434 g/mol. The Hall–Kier alpha value is -1.25. The molecule has 3 aromatic rings. The molecule has 138 valence electrons. The number of fused-ring (bicyclic) bond motifs is 1. The van der Waals surface area contributed by atoms with E-state index in [2.05, 4.69) is 0 Å². The smallest absolute Gasteiger partial charge is 0.871 e. The molecule has 1 N–H and O–H groups in total. The third-order valence-electron chi connectivity index (χ3n) is 4.46. The van der Waals surface area contributed by atoms with E-state index < -0.39 is 21.5 Å². The molecule has 0 aromatic heterocycles. The maximum Gasteiger partial charge on any atom is 1.00 e. The first kappa shape index (κ1) is 21.5. The summed E-state index contributed by atoms with van der Waals surface area (Å²) >= 11 is 12.1. The Morgan fingerprint density at radius 1 is 0.929 bits per heavy atom. The van der Waals surface area contributed by atoms with Gasteiger partial charge in [0.25, 0.3) is 10.1 Å². The maximum atomic E-state index is 12.7. The molecule has 1 unspecified atom stereocenters. The molecule has 0 saturated carbocycles. The minimum atomic E-state index is -4.08. The molecule has 1 atom stereocenters. The summed E-state index contributed by atoms with van der Waals surface area (Å²) in [4.78, 5) is 0.0107. The normalized spacial score (nSPS) is 19.6. The van der Waals surface area contributed by atoms with Gasteiger partial charge in [0.15, 0.2) is 5.60 Å². The van der Waals surface area contributed by atoms with Crippen LogP contribution < -0.4 is 34.7 Å². The Labute approximate surface area is 193 Å². The average Bonchev–Trinajstić information content (AvgIpc) is 2.89. The van der Waals surface area contributed by atoms with E-state index >= 15 is 0 Å². The molecule has 0 fully saturated rings. The number of hydrogen-bond acceptors (Lipinski definition) is 5. The fourth-order valence-corrected chi connectivity index (χ4v) is 5.04. The van der Waals surface area contributed by atoms with Crippen LogP contribution in [0.1, 0.15) is 16.7 Å². The van der Waals surface area contributed by atoms with Crippen LogP contribution in [0.4, 0.5) is 0 Å². The van der Waals surface area contributed by atoms with E-state index in [9.17, 15) is 18.6 Å². The van der Waals surface area contributed by atoms with E-state index in [0.29, 0.717) is 16.7 Å². The van der Waals surface area contributed by atoms with Gasteiger partial charge in [-0.05, 0) is 35.4 Å². The fourth-order valence-electron chi connectivity index (χ4n) is 3.25. The summed E-state index contributed by atoms with van der Waals surface area (Å²) in [5.74, 6) is -0.550. The first-order valence-corrected chi connectivity index (χ1v) is 9.93. The summed E-state index contributed by atoms with van der Waals surface area (Å²) in [6.07, 6.45) is 0. The molecule has 1 heterocycles. The molecule has 5 nitrogen and oxygen atoms in total. The second kappa shape index (κ2) is 7.54. The van der Waals surface area contributed by atoms with E-state index in [-0.39, 0.29) is 50.2 Å². The number of rotatable bonds is 2. The molecule has 0 saturated heterocycles. The van der Waals surface area contributed by atoms with Gasteiger partial charge in [-0.3, -0.25) is 0 Å². The molecule has 28 heavy (non-hydrogen) atoms. The molecule has 0 bridgehead atoms. The number of phenols is 1. The van der Waals surface area contributed by atoms with Crippen LogP contribution in [0, 0.1) is 0 Å². The van der Waals surface area contributed by atoms with Crippen LogP contribution in [0.25, 0.3) is 0 Å². The second-order valence-corrected chi connectivity index (χ2v) is 8.36. The van der Waals surface area contributed by atoms with Gasteiger partial charge in [0.2, 0.25) is 0 Å². The quantitative estimate of drug-likeness (QED) is 0.466. The maximum absolute atomic E-state index is 12.7. The van der Waals surface area contributed by atoms with Crippen molar-refractivity contribution in [3.63, 3.8) is 0 Å². The summed E-state index contributed by atoms with van der Waals surface area (Å²) in [5, 5.41) is 21.5. The molecule has 0 spiro atoms. The van der Waals surface area contributed by atoms with Gasteiger partial charge in [-0.25, -0.2) is 4.18 Å². The average molecular weight is 445 g/mol. The Kier molecular flexibility index (Phi) is 5.78. The van der Waals surface area contributed by atoms with Crippen molar-refractivity contribution in [2.24, 2.45) is 0 Å². The molecule has 9 heteroatoms. The summed E-state index contributed by atoms with van der Waals surface area (Å²) in [5.41, 5.74) is -0.512. The number of halogens is 2. The Morgan fingerprint density at radius 3 is 2.18 bits per heavy atom. The summed E-state index contributed by atoms with van der Waals surface area (Å²) in [6.45, 7) is 0. The first-order valence-electron chi connectivity index (χ1n) is 7.77. The molecule has 1 aliphatic heterocycles. The predicted octanol–water partition coefficient (Wildman–Crippen LogP) is 0.787. The summed E-state index contributed by atoms with van der Waals surface area (Å²) < 4.78 is 31.1. The van der Waals surface area contributed by atoms with Crippen LogP contribution in [0.3, 0.4) is 0 Å². The predicted molar refractivity (Wildman–Crippen MR) is 98.6 cm³/mol. The number of hydrogen-bond donors (Lipinski definition) is 1. The minimum Gasteiger partial charge on any atom is -0.871 e. The monoisotopic (exact) mass is 444 g/mol. The Balaban J connectivity index is 0.00000225. The van der Waals surface area contributed by atoms with Crippen LogP contribution in [-0.4, -0.2) is 13.5 Å². The molecular formula is C19H11Cl2NaO5S. The Morgan fingerprint density at radius 2 is 1.54 bits per heavy atom. The number of phenolic OH excluding ortho intramolecular Hbond substituents is 1. The van der Waals surface area contributed by atoms with Gasteiger partial charge >= 0.3 is 29.6 Å². The number of aromatic hydroxyl groups is 1. The third-order valence-corrected chi connectivity index (χ3v) is 6.43. The summed E-state index contributed by atoms with van der Waals surface area (Å²) in [7, 11) is -4.08. The number of benzene rings is 3. The standard InChI is InChI=1S/C19H12Cl2O5S.Na/c20-14-9-11(5-7-16(14)22)19(12-6-8-17(23)15(21)10-12)13-3-1-2-4-18(13)27(24,25)26-19;/h1-10,22-23H;/q;+1/p-1. The van der Waals surface area contributed by atoms with E-state index in [1.807, 2.05) is 0 Å². The SMILES string of the molecule is O=S1(=O)OC(c2ccc([O-])c(Cl)c2)(c2ccc(O)c(Cl)c2)c2ccccc21.[Na+]. The van der Waals surface area contributed by atoms with E-state index in [1.54, 1.807) is 18.2 Å². The van der Waals surface area contributed by atoms with Crippen molar-refractivity contribution < 1.29 is 52.4 Å². The van der Waals surface area contributed by atoms with Crippen LogP contribution in [-0.2, 0) is 19.9 Å². The van der Waals surface area contributed by atoms with Gasteiger partial charge in [0.05, 0.1) is 5.02 Å². The van der Waals surface area contributed by atoms with Crippen molar-refractivity contribution in [1.29, 1.82) is 0 Å². The Bertz CT molecular complexity index is 1130.